The predicted octanol–water partition coefficient (Wildman–Crippen LogP) is 8.21. The van der Waals surface area contributed by atoms with E-state index in [0.717, 1.165) is 35.5 Å². The Kier molecular flexibility index (Phi) is 10.9. The first-order valence-electron chi connectivity index (χ1n) is 15.2. The van der Waals surface area contributed by atoms with Crippen LogP contribution in [0.1, 0.15) is 90.0 Å². The first-order valence-corrected chi connectivity index (χ1v) is 15.2. The lowest BCUT2D eigenvalue weighted by Crippen LogP contribution is -2.41. The molecule has 3 atom stereocenters. The van der Waals surface area contributed by atoms with E-state index in [-0.39, 0.29) is 36.3 Å². The standard InChI is InChI=1S/C37H50O6/c1-23(2)34(38)42-28(8)20-40-32-14-12-30(16-26(32)6)37(19-25(5)18-36(10,11)22-37)31-13-15-33(27(7)17-31)41-21-29(9)43-35(39)24(3)4/h12-17,25,28-29H,1,3,18-22H2,2,4-11H3. The van der Waals surface area contributed by atoms with Gasteiger partial charge in [-0.05, 0) is 107 Å². The normalized spacial score (nSPS) is 20.8. The van der Waals surface area contributed by atoms with Crippen molar-refractivity contribution in [3.05, 3.63) is 83.0 Å². The van der Waals surface area contributed by atoms with Gasteiger partial charge in [0.05, 0.1) is 0 Å². The van der Waals surface area contributed by atoms with Gasteiger partial charge in [-0.1, -0.05) is 58.2 Å². The molecule has 43 heavy (non-hydrogen) atoms. The van der Waals surface area contributed by atoms with Crippen molar-refractivity contribution in [2.24, 2.45) is 11.3 Å². The minimum absolute atomic E-state index is 0.162. The summed E-state index contributed by atoms with van der Waals surface area (Å²) in [6.45, 7) is 25.9. The van der Waals surface area contributed by atoms with Crippen molar-refractivity contribution in [1.82, 2.24) is 0 Å². The third-order valence-corrected chi connectivity index (χ3v) is 8.09. The van der Waals surface area contributed by atoms with Crippen molar-refractivity contribution in [2.75, 3.05) is 13.2 Å². The smallest absolute Gasteiger partial charge is 0.333 e. The maximum Gasteiger partial charge on any atom is 0.333 e. The van der Waals surface area contributed by atoms with Crippen LogP contribution in [0.5, 0.6) is 11.5 Å². The second-order valence-corrected chi connectivity index (χ2v) is 13.5. The number of esters is 2. The Morgan fingerprint density at radius 2 is 1.23 bits per heavy atom. The number of carbonyl (C=O) groups is 2. The van der Waals surface area contributed by atoms with E-state index < -0.39 is 11.9 Å². The molecule has 0 amide bonds. The maximum absolute atomic E-state index is 11.9. The lowest BCUT2D eigenvalue weighted by molar-refractivity contribution is -0.145. The van der Waals surface area contributed by atoms with E-state index in [2.05, 4.69) is 72.0 Å². The van der Waals surface area contributed by atoms with E-state index in [1.165, 1.54) is 17.5 Å². The van der Waals surface area contributed by atoms with E-state index in [0.29, 0.717) is 17.1 Å². The van der Waals surface area contributed by atoms with Crippen LogP contribution in [0.4, 0.5) is 0 Å². The van der Waals surface area contributed by atoms with Crippen LogP contribution in [0.2, 0.25) is 0 Å². The number of hydrogen-bond donors (Lipinski definition) is 0. The molecule has 0 bridgehead atoms. The molecule has 3 rings (SSSR count). The number of benzene rings is 2. The van der Waals surface area contributed by atoms with Crippen molar-refractivity contribution in [3.8, 4) is 11.5 Å². The van der Waals surface area contributed by atoms with Gasteiger partial charge in [0.1, 0.15) is 36.9 Å². The van der Waals surface area contributed by atoms with E-state index in [1.54, 1.807) is 13.8 Å². The van der Waals surface area contributed by atoms with Crippen LogP contribution in [0.25, 0.3) is 0 Å². The molecule has 2 aromatic carbocycles. The molecule has 1 aliphatic carbocycles. The number of carbonyl (C=O) groups excluding carboxylic acids is 2. The van der Waals surface area contributed by atoms with Crippen molar-refractivity contribution < 1.29 is 28.5 Å². The summed E-state index contributed by atoms with van der Waals surface area (Å²) < 4.78 is 22.9. The van der Waals surface area contributed by atoms with Crippen LogP contribution in [0.3, 0.4) is 0 Å². The molecule has 1 fully saturated rings. The van der Waals surface area contributed by atoms with E-state index in [9.17, 15) is 9.59 Å². The monoisotopic (exact) mass is 590 g/mol. The Balaban J connectivity index is 1.88. The second kappa shape index (κ2) is 13.8. The lowest BCUT2D eigenvalue weighted by atomic mass is 9.55. The summed E-state index contributed by atoms with van der Waals surface area (Å²) in [6.07, 6.45) is 2.46. The quantitative estimate of drug-likeness (QED) is 0.183. The van der Waals surface area contributed by atoms with Crippen LogP contribution in [-0.2, 0) is 24.5 Å². The summed E-state index contributed by atoms with van der Waals surface area (Å²) >= 11 is 0. The fraction of sp³-hybridized carbons (Fsp3) is 0.514. The molecule has 0 radical (unpaired) electrons. The van der Waals surface area contributed by atoms with Crippen molar-refractivity contribution in [3.63, 3.8) is 0 Å². The molecule has 0 N–H and O–H groups in total. The van der Waals surface area contributed by atoms with Crippen LogP contribution in [0.15, 0.2) is 60.7 Å². The molecule has 6 heteroatoms. The summed E-state index contributed by atoms with van der Waals surface area (Å²) in [5, 5.41) is 0. The second-order valence-electron chi connectivity index (χ2n) is 13.5. The summed E-state index contributed by atoms with van der Waals surface area (Å²) in [6, 6.07) is 13.0. The molecule has 0 aliphatic heterocycles. The minimum atomic E-state index is -0.411. The Morgan fingerprint density at radius 1 is 0.814 bits per heavy atom. The SMILES string of the molecule is C=C(C)C(=O)OC(C)COc1ccc(C2(c3ccc(OCC(C)OC(=O)C(=C)C)c(C)c3)CC(C)CC(C)(C)C2)cc1C. The van der Waals surface area contributed by atoms with Gasteiger partial charge in [-0.15, -0.1) is 0 Å². The predicted molar refractivity (Wildman–Crippen MR) is 172 cm³/mol. The van der Waals surface area contributed by atoms with E-state index in [1.807, 2.05) is 26.0 Å². The van der Waals surface area contributed by atoms with Crippen LogP contribution < -0.4 is 9.47 Å². The van der Waals surface area contributed by atoms with Gasteiger partial charge < -0.3 is 18.9 Å². The number of rotatable bonds is 12. The fourth-order valence-electron chi connectivity index (χ4n) is 6.45. The first-order chi connectivity index (χ1) is 20.0. The molecule has 0 aromatic heterocycles. The zero-order chi connectivity index (χ0) is 32.1. The molecule has 2 aromatic rings. The van der Waals surface area contributed by atoms with Gasteiger partial charge in [-0.3, -0.25) is 0 Å². The van der Waals surface area contributed by atoms with Crippen molar-refractivity contribution in [1.29, 1.82) is 0 Å². The Bertz CT molecular complexity index is 1270. The molecule has 1 aliphatic rings. The summed E-state index contributed by atoms with van der Waals surface area (Å²) in [7, 11) is 0. The largest absolute Gasteiger partial charge is 0.489 e. The molecular formula is C37H50O6. The summed E-state index contributed by atoms with van der Waals surface area (Å²) in [4.78, 5) is 23.7. The highest BCUT2D eigenvalue weighted by atomic mass is 16.6. The third-order valence-electron chi connectivity index (χ3n) is 8.09. The average Bonchev–Trinajstić information content (AvgIpc) is 2.90. The highest BCUT2D eigenvalue weighted by Crippen LogP contribution is 2.54. The Morgan fingerprint density at radius 3 is 1.58 bits per heavy atom. The van der Waals surface area contributed by atoms with Crippen LogP contribution >= 0.6 is 0 Å². The number of hydrogen-bond acceptors (Lipinski definition) is 6. The van der Waals surface area contributed by atoms with E-state index >= 15 is 0 Å². The van der Waals surface area contributed by atoms with Gasteiger partial charge in [-0.2, -0.15) is 0 Å². The molecule has 234 valence electrons. The topological polar surface area (TPSA) is 71.1 Å². The number of aryl methyl sites for hydroxylation is 2. The first kappa shape index (κ1) is 34.0. The minimum Gasteiger partial charge on any atom is -0.489 e. The summed E-state index contributed by atoms with van der Waals surface area (Å²) in [5.74, 6) is 1.28. The van der Waals surface area contributed by atoms with E-state index in [4.69, 9.17) is 18.9 Å². The highest BCUT2D eigenvalue weighted by Gasteiger charge is 2.45. The van der Waals surface area contributed by atoms with Gasteiger partial charge in [0.15, 0.2) is 0 Å². The molecule has 1 saturated carbocycles. The van der Waals surface area contributed by atoms with Gasteiger partial charge in [0.2, 0.25) is 0 Å². The third kappa shape index (κ3) is 8.75. The van der Waals surface area contributed by atoms with Crippen LogP contribution in [0, 0.1) is 25.2 Å². The summed E-state index contributed by atoms with van der Waals surface area (Å²) in [5.41, 5.74) is 5.35. The average molecular weight is 591 g/mol. The van der Waals surface area contributed by atoms with Gasteiger partial charge >= 0.3 is 11.9 Å². The lowest BCUT2D eigenvalue weighted by Gasteiger charge is -2.49. The molecule has 0 spiro atoms. The Labute approximate surface area is 258 Å². The van der Waals surface area contributed by atoms with Gasteiger partial charge in [0.25, 0.3) is 0 Å². The van der Waals surface area contributed by atoms with Gasteiger partial charge in [0, 0.05) is 16.6 Å². The van der Waals surface area contributed by atoms with Crippen molar-refractivity contribution in [2.45, 2.75) is 99.2 Å². The van der Waals surface area contributed by atoms with Crippen molar-refractivity contribution >= 4 is 11.9 Å². The zero-order valence-corrected chi connectivity index (χ0v) is 27.6. The fourth-order valence-corrected chi connectivity index (χ4v) is 6.45. The molecule has 0 heterocycles. The Hall–Kier alpha value is -3.54. The molecular weight excluding hydrogens is 540 g/mol. The molecule has 6 nitrogen and oxygen atoms in total. The highest BCUT2D eigenvalue weighted by molar-refractivity contribution is 5.87. The zero-order valence-electron chi connectivity index (χ0n) is 27.6. The molecule has 0 saturated heterocycles. The van der Waals surface area contributed by atoms with Crippen LogP contribution in [-0.4, -0.2) is 37.4 Å². The van der Waals surface area contributed by atoms with Gasteiger partial charge in [-0.25, -0.2) is 9.59 Å². The number of ether oxygens (including phenoxy) is 4. The molecule has 3 unspecified atom stereocenters. The maximum atomic E-state index is 11.9.